The van der Waals surface area contributed by atoms with Crippen LogP contribution in [0.1, 0.15) is 45.4 Å². The zero-order chi connectivity index (χ0) is 11.1. The van der Waals surface area contributed by atoms with Gasteiger partial charge in [0.1, 0.15) is 0 Å². The molecule has 0 N–H and O–H groups in total. The third-order valence-corrected chi connectivity index (χ3v) is 4.67. The minimum atomic E-state index is 0.340. The van der Waals surface area contributed by atoms with Gasteiger partial charge in [-0.25, -0.2) is 0 Å². The normalized spacial score (nSPS) is 38.8. The lowest BCUT2D eigenvalue weighted by atomic mass is 9.73. The second-order valence-corrected chi connectivity index (χ2v) is 5.73. The van der Waals surface area contributed by atoms with Gasteiger partial charge in [0.2, 0.25) is 0 Å². The van der Waals surface area contributed by atoms with Gasteiger partial charge in [-0.1, -0.05) is 19.8 Å². The van der Waals surface area contributed by atoms with Gasteiger partial charge in [0.15, 0.2) is 5.78 Å². The van der Waals surface area contributed by atoms with Crippen molar-refractivity contribution in [2.24, 2.45) is 11.8 Å². The molecule has 0 aromatic rings. The summed E-state index contributed by atoms with van der Waals surface area (Å²) < 4.78 is 0. The molecule has 0 amide bonds. The summed E-state index contributed by atoms with van der Waals surface area (Å²) in [4.78, 5) is 14.1. The van der Waals surface area contributed by atoms with Crippen molar-refractivity contribution in [1.29, 1.82) is 0 Å². The van der Waals surface area contributed by atoms with Crippen LogP contribution in [0.15, 0.2) is 11.8 Å². The molecule has 2 heterocycles. The van der Waals surface area contributed by atoms with Crippen LogP contribution in [0.25, 0.3) is 0 Å². The number of carbonyl (C=O) groups is 1. The Morgan fingerprint density at radius 1 is 1.31 bits per heavy atom. The molecule has 1 saturated carbocycles. The van der Waals surface area contributed by atoms with Crippen molar-refractivity contribution in [3.05, 3.63) is 11.8 Å². The molecule has 3 aliphatic rings. The molecular formula is C14H21NO. The molecule has 2 heteroatoms. The third-order valence-electron chi connectivity index (χ3n) is 4.67. The summed E-state index contributed by atoms with van der Waals surface area (Å²) in [5.41, 5.74) is 1.35. The highest BCUT2D eigenvalue weighted by molar-refractivity contribution is 5.91. The quantitative estimate of drug-likeness (QED) is 0.624. The molecule has 0 aromatic carbocycles. The highest BCUT2D eigenvalue weighted by Crippen LogP contribution is 2.42. The molecule has 0 aromatic heterocycles. The molecule has 2 nitrogen and oxygen atoms in total. The van der Waals surface area contributed by atoms with Crippen molar-refractivity contribution in [2.45, 2.75) is 51.5 Å². The lowest BCUT2D eigenvalue weighted by molar-refractivity contribution is -0.116. The van der Waals surface area contributed by atoms with Gasteiger partial charge < -0.3 is 4.90 Å². The summed E-state index contributed by atoms with van der Waals surface area (Å²) in [7, 11) is 0. The lowest BCUT2D eigenvalue weighted by Crippen LogP contribution is -2.50. The van der Waals surface area contributed by atoms with Gasteiger partial charge in [0, 0.05) is 30.8 Å². The molecule has 0 radical (unpaired) electrons. The first kappa shape index (κ1) is 10.4. The van der Waals surface area contributed by atoms with E-state index in [4.69, 9.17) is 0 Å². The zero-order valence-electron chi connectivity index (χ0n) is 10.1. The van der Waals surface area contributed by atoms with Crippen LogP contribution in [-0.2, 0) is 4.79 Å². The Balaban J connectivity index is 1.89. The van der Waals surface area contributed by atoms with E-state index in [1.54, 1.807) is 0 Å². The Morgan fingerprint density at radius 2 is 2.12 bits per heavy atom. The maximum Gasteiger partial charge on any atom is 0.159 e. The standard InChI is InChI=1S/C14H21NO/c1-10-8-11-4-2-3-5-13(11)15-7-6-12(16)9-14(10)15/h9-11,13H,2-8H2,1H3. The van der Waals surface area contributed by atoms with Crippen molar-refractivity contribution in [2.75, 3.05) is 6.54 Å². The van der Waals surface area contributed by atoms with Crippen LogP contribution < -0.4 is 0 Å². The van der Waals surface area contributed by atoms with Crippen molar-refractivity contribution in [3.63, 3.8) is 0 Å². The van der Waals surface area contributed by atoms with E-state index < -0.39 is 0 Å². The Bertz CT molecular complexity index is 334. The van der Waals surface area contributed by atoms with Gasteiger partial charge >= 0.3 is 0 Å². The maximum absolute atomic E-state index is 11.5. The summed E-state index contributed by atoms with van der Waals surface area (Å²) >= 11 is 0. The number of hydrogen-bond donors (Lipinski definition) is 0. The molecule has 0 bridgehead atoms. The van der Waals surface area contributed by atoms with Gasteiger partial charge in [0.25, 0.3) is 0 Å². The van der Waals surface area contributed by atoms with Gasteiger partial charge in [-0.2, -0.15) is 0 Å². The van der Waals surface area contributed by atoms with E-state index in [0.29, 0.717) is 11.7 Å². The predicted molar refractivity (Wildman–Crippen MR) is 63.9 cm³/mol. The fraction of sp³-hybridized carbons (Fsp3) is 0.786. The topological polar surface area (TPSA) is 20.3 Å². The average molecular weight is 219 g/mol. The number of fused-ring (bicyclic) bond motifs is 3. The average Bonchev–Trinajstić information content (AvgIpc) is 2.29. The van der Waals surface area contributed by atoms with E-state index in [-0.39, 0.29) is 0 Å². The summed E-state index contributed by atoms with van der Waals surface area (Å²) in [6, 6.07) is 0.754. The number of piperidine rings is 1. The second-order valence-electron chi connectivity index (χ2n) is 5.73. The summed E-state index contributed by atoms with van der Waals surface area (Å²) in [6.45, 7) is 3.28. The highest BCUT2D eigenvalue weighted by Gasteiger charge is 2.39. The third kappa shape index (κ3) is 1.59. The van der Waals surface area contributed by atoms with Crippen molar-refractivity contribution >= 4 is 5.78 Å². The van der Waals surface area contributed by atoms with Crippen LogP contribution in [-0.4, -0.2) is 23.3 Å². The highest BCUT2D eigenvalue weighted by atomic mass is 16.1. The van der Waals surface area contributed by atoms with Gasteiger partial charge in [-0.3, -0.25) is 4.79 Å². The molecule has 16 heavy (non-hydrogen) atoms. The Morgan fingerprint density at radius 3 is 3.00 bits per heavy atom. The van der Waals surface area contributed by atoms with Gasteiger partial charge in [0.05, 0.1) is 0 Å². The molecule has 88 valence electrons. The van der Waals surface area contributed by atoms with Gasteiger partial charge in [-0.05, 0) is 31.1 Å². The number of nitrogens with zero attached hydrogens (tertiary/aromatic N) is 1. The van der Waals surface area contributed by atoms with Crippen LogP contribution in [0.2, 0.25) is 0 Å². The van der Waals surface area contributed by atoms with Gasteiger partial charge in [-0.15, -0.1) is 0 Å². The Kier molecular flexibility index (Phi) is 2.53. The molecule has 0 spiro atoms. The van der Waals surface area contributed by atoms with E-state index in [2.05, 4.69) is 11.8 Å². The van der Waals surface area contributed by atoms with Crippen LogP contribution in [0.5, 0.6) is 0 Å². The summed E-state index contributed by atoms with van der Waals surface area (Å²) in [5.74, 6) is 1.84. The first-order chi connectivity index (χ1) is 7.75. The fourth-order valence-corrected chi connectivity index (χ4v) is 3.91. The molecule has 2 fully saturated rings. The minimum absolute atomic E-state index is 0.340. The maximum atomic E-state index is 11.5. The lowest BCUT2D eigenvalue weighted by Gasteiger charge is -2.50. The van der Waals surface area contributed by atoms with Crippen molar-refractivity contribution in [3.8, 4) is 0 Å². The predicted octanol–water partition coefficient (Wildman–Crippen LogP) is 2.74. The first-order valence-electron chi connectivity index (χ1n) is 6.77. The first-order valence-corrected chi connectivity index (χ1v) is 6.77. The molecular weight excluding hydrogens is 198 g/mol. The molecule has 1 aliphatic carbocycles. The van der Waals surface area contributed by atoms with Crippen LogP contribution in [0.4, 0.5) is 0 Å². The Labute approximate surface area is 97.7 Å². The zero-order valence-corrected chi connectivity index (χ0v) is 10.1. The molecule has 3 rings (SSSR count). The van der Waals surface area contributed by atoms with E-state index in [0.717, 1.165) is 24.9 Å². The molecule has 3 unspecified atom stereocenters. The minimum Gasteiger partial charge on any atom is -0.371 e. The number of ketones is 1. The monoisotopic (exact) mass is 219 g/mol. The number of hydrogen-bond acceptors (Lipinski definition) is 2. The van der Waals surface area contributed by atoms with E-state index in [1.807, 2.05) is 6.08 Å². The van der Waals surface area contributed by atoms with E-state index in [9.17, 15) is 4.79 Å². The molecule has 2 aliphatic heterocycles. The van der Waals surface area contributed by atoms with Crippen LogP contribution >= 0.6 is 0 Å². The smallest absolute Gasteiger partial charge is 0.159 e. The van der Waals surface area contributed by atoms with E-state index >= 15 is 0 Å². The van der Waals surface area contributed by atoms with Crippen molar-refractivity contribution < 1.29 is 4.79 Å². The Hall–Kier alpha value is -0.790. The van der Waals surface area contributed by atoms with Crippen LogP contribution in [0, 0.1) is 11.8 Å². The molecule has 1 saturated heterocycles. The van der Waals surface area contributed by atoms with Crippen molar-refractivity contribution in [1.82, 2.24) is 4.90 Å². The van der Waals surface area contributed by atoms with Crippen LogP contribution in [0.3, 0.4) is 0 Å². The number of allylic oxidation sites excluding steroid dienone is 2. The fourth-order valence-electron chi connectivity index (χ4n) is 3.91. The number of rotatable bonds is 0. The number of carbonyl (C=O) groups excluding carboxylic acids is 1. The largest absolute Gasteiger partial charge is 0.371 e. The summed E-state index contributed by atoms with van der Waals surface area (Å²) in [6.07, 6.45) is 9.53. The molecule has 3 atom stereocenters. The SMILES string of the molecule is CC1CC2CCCCC2N2CCC(=O)C=C12. The summed E-state index contributed by atoms with van der Waals surface area (Å²) in [5, 5.41) is 0. The van der Waals surface area contributed by atoms with E-state index in [1.165, 1.54) is 37.8 Å². The second kappa shape index (κ2) is 3.90.